The number of amides is 1. The van der Waals surface area contributed by atoms with Gasteiger partial charge in [-0.05, 0) is 53.9 Å². The van der Waals surface area contributed by atoms with E-state index < -0.39 is 0 Å². The Hall–Kier alpha value is -1.31. The first-order valence-corrected chi connectivity index (χ1v) is 7.44. The van der Waals surface area contributed by atoms with Crippen molar-refractivity contribution in [2.45, 2.75) is 59.3 Å². The van der Waals surface area contributed by atoms with Gasteiger partial charge in [0.15, 0.2) is 0 Å². The Morgan fingerprint density at radius 3 is 2.47 bits per heavy atom. The molecule has 2 nitrogen and oxygen atoms in total. The maximum absolute atomic E-state index is 11.3. The molecule has 106 valence electrons. The second kappa shape index (κ2) is 6.23. The third-order valence-corrected chi connectivity index (χ3v) is 4.51. The molecule has 19 heavy (non-hydrogen) atoms. The molecule has 0 aliphatic heterocycles. The summed E-state index contributed by atoms with van der Waals surface area (Å²) in [5.41, 5.74) is 9.00. The fraction of sp³-hybridized carbons (Fsp3) is 0.588. The Bertz CT molecular complexity index is 451. The van der Waals surface area contributed by atoms with E-state index in [0.717, 1.165) is 12.8 Å². The highest BCUT2D eigenvalue weighted by Crippen LogP contribution is 2.46. The van der Waals surface area contributed by atoms with E-state index in [4.69, 9.17) is 5.73 Å². The molecule has 0 aromatic heterocycles. The quantitative estimate of drug-likeness (QED) is 0.876. The molecule has 0 heterocycles. The molecule has 1 amide bonds. The second-order valence-corrected chi connectivity index (χ2v) is 5.40. The lowest BCUT2D eigenvalue weighted by Gasteiger charge is -2.34. The van der Waals surface area contributed by atoms with Gasteiger partial charge in [-0.2, -0.15) is 0 Å². The van der Waals surface area contributed by atoms with Gasteiger partial charge in [0, 0.05) is 5.56 Å². The van der Waals surface area contributed by atoms with Crippen molar-refractivity contribution in [2.75, 3.05) is 0 Å². The van der Waals surface area contributed by atoms with Crippen molar-refractivity contribution >= 4 is 5.91 Å². The Balaban J connectivity index is 0.000000861. The fourth-order valence-corrected chi connectivity index (χ4v) is 3.28. The molecule has 1 aliphatic rings. The highest BCUT2D eigenvalue weighted by molar-refractivity contribution is 5.93. The SMILES string of the molecule is CC.CCC1(C(C)C)CCc2ccc(C(N)=O)cc21. The fourth-order valence-electron chi connectivity index (χ4n) is 3.28. The molecule has 0 radical (unpaired) electrons. The van der Waals surface area contributed by atoms with Crippen LogP contribution >= 0.6 is 0 Å². The second-order valence-electron chi connectivity index (χ2n) is 5.40. The van der Waals surface area contributed by atoms with E-state index in [1.165, 1.54) is 17.5 Å². The molecule has 0 saturated heterocycles. The van der Waals surface area contributed by atoms with Crippen LogP contribution in [0.15, 0.2) is 18.2 Å². The van der Waals surface area contributed by atoms with Gasteiger partial charge in [-0.1, -0.05) is 40.7 Å². The molecule has 0 spiro atoms. The minimum atomic E-state index is -0.326. The van der Waals surface area contributed by atoms with Gasteiger partial charge in [0.2, 0.25) is 5.91 Å². The average Bonchev–Trinajstić information content (AvgIpc) is 2.80. The zero-order chi connectivity index (χ0) is 14.6. The number of aryl methyl sites for hydroxylation is 1. The van der Waals surface area contributed by atoms with Gasteiger partial charge in [-0.15, -0.1) is 0 Å². The summed E-state index contributed by atoms with van der Waals surface area (Å²) in [6, 6.07) is 5.95. The predicted octanol–water partition coefficient (Wildman–Crippen LogP) is 4.06. The topological polar surface area (TPSA) is 43.1 Å². The summed E-state index contributed by atoms with van der Waals surface area (Å²) in [7, 11) is 0. The van der Waals surface area contributed by atoms with Crippen LogP contribution in [0.5, 0.6) is 0 Å². The van der Waals surface area contributed by atoms with Crippen LogP contribution < -0.4 is 5.73 Å². The third-order valence-electron chi connectivity index (χ3n) is 4.51. The summed E-state index contributed by atoms with van der Waals surface area (Å²) in [5, 5.41) is 0. The highest BCUT2D eigenvalue weighted by Gasteiger charge is 2.39. The Kier molecular flexibility index (Phi) is 5.16. The van der Waals surface area contributed by atoms with Crippen molar-refractivity contribution in [3.8, 4) is 0 Å². The number of carbonyl (C=O) groups excluding carboxylic acids is 1. The van der Waals surface area contributed by atoms with E-state index in [0.29, 0.717) is 11.5 Å². The van der Waals surface area contributed by atoms with Crippen LogP contribution in [-0.2, 0) is 11.8 Å². The van der Waals surface area contributed by atoms with E-state index >= 15 is 0 Å². The number of benzene rings is 1. The Labute approximate surface area is 117 Å². The lowest BCUT2D eigenvalue weighted by molar-refractivity contribution is 0.1000. The number of fused-ring (bicyclic) bond motifs is 1. The summed E-state index contributed by atoms with van der Waals surface area (Å²) in [5.74, 6) is 0.269. The molecule has 2 rings (SSSR count). The third kappa shape index (κ3) is 2.68. The molecule has 1 atom stereocenters. The van der Waals surface area contributed by atoms with Crippen LogP contribution in [0.1, 0.15) is 68.9 Å². The van der Waals surface area contributed by atoms with Gasteiger partial charge in [-0.25, -0.2) is 0 Å². The maximum Gasteiger partial charge on any atom is 0.248 e. The lowest BCUT2D eigenvalue weighted by Crippen LogP contribution is -2.29. The molecule has 0 saturated carbocycles. The molecule has 1 aromatic rings. The van der Waals surface area contributed by atoms with Crippen molar-refractivity contribution in [3.05, 3.63) is 34.9 Å². The van der Waals surface area contributed by atoms with Crippen LogP contribution in [0.4, 0.5) is 0 Å². The van der Waals surface area contributed by atoms with E-state index in [9.17, 15) is 4.79 Å². The summed E-state index contributed by atoms with van der Waals surface area (Å²) >= 11 is 0. The summed E-state index contributed by atoms with van der Waals surface area (Å²) in [6.45, 7) is 10.8. The molecule has 2 heteroatoms. The van der Waals surface area contributed by atoms with Crippen LogP contribution in [0.25, 0.3) is 0 Å². The van der Waals surface area contributed by atoms with Gasteiger partial charge in [0.1, 0.15) is 0 Å². The van der Waals surface area contributed by atoms with Gasteiger partial charge in [0.05, 0.1) is 0 Å². The standard InChI is InChI=1S/C15H21NO.C2H6/c1-4-15(10(2)3)8-7-11-5-6-12(14(16)17)9-13(11)15;1-2/h5-6,9-10H,4,7-8H2,1-3H3,(H2,16,17);1-2H3. The summed E-state index contributed by atoms with van der Waals surface area (Å²) in [4.78, 5) is 11.3. The first kappa shape index (κ1) is 15.7. The minimum Gasteiger partial charge on any atom is -0.366 e. The number of nitrogens with two attached hydrogens (primary N) is 1. The largest absolute Gasteiger partial charge is 0.366 e. The zero-order valence-electron chi connectivity index (χ0n) is 12.9. The molecule has 1 unspecified atom stereocenters. The van der Waals surface area contributed by atoms with E-state index in [1.807, 2.05) is 26.0 Å². The van der Waals surface area contributed by atoms with Gasteiger partial charge >= 0.3 is 0 Å². The zero-order valence-corrected chi connectivity index (χ0v) is 12.9. The molecule has 2 N–H and O–H groups in total. The van der Waals surface area contributed by atoms with E-state index in [-0.39, 0.29) is 11.3 Å². The summed E-state index contributed by atoms with van der Waals surface area (Å²) < 4.78 is 0. The first-order chi connectivity index (χ1) is 9.01. The predicted molar refractivity (Wildman–Crippen MR) is 81.4 cm³/mol. The van der Waals surface area contributed by atoms with Crippen molar-refractivity contribution < 1.29 is 4.79 Å². The number of hydrogen-bond acceptors (Lipinski definition) is 1. The molecule has 0 fully saturated rings. The first-order valence-electron chi connectivity index (χ1n) is 7.44. The van der Waals surface area contributed by atoms with E-state index in [2.05, 4.69) is 26.8 Å². The maximum atomic E-state index is 11.3. The van der Waals surface area contributed by atoms with Gasteiger partial charge in [0.25, 0.3) is 0 Å². The smallest absolute Gasteiger partial charge is 0.248 e. The molecule has 0 bridgehead atoms. The van der Waals surface area contributed by atoms with Crippen molar-refractivity contribution in [2.24, 2.45) is 11.7 Å². The molecule has 1 aromatic carbocycles. The molecule has 1 aliphatic carbocycles. The molecular formula is C17H27NO. The molecular weight excluding hydrogens is 234 g/mol. The Morgan fingerprint density at radius 1 is 1.37 bits per heavy atom. The number of primary amides is 1. The minimum absolute atomic E-state index is 0.237. The number of hydrogen-bond donors (Lipinski definition) is 1. The van der Waals surface area contributed by atoms with Crippen LogP contribution in [0.2, 0.25) is 0 Å². The Morgan fingerprint density at radius 2 is 2.00 bits per heavy atom. The van der Waals surface area contributed by atoms with Crippen LogP contribution in [0, 0.1) is 5.92 Å². The lowest BCUT2D eigenvalue weighted by atomic mass is 9.70. The van der Waals surface area contributed by atoms with Gasteiger partial charge < -0.3 is 5.73 Å². The van der Waals surface area contributed by atoms with Crippen LogP contribution in [0.3, 0.4) is 0 Å². The van der Waals surface area contributed by atoms with E-state index in [1.54, 1.807) is 0 Å². The summed E-state index contributed by atoms with van der Waals surface area (Å²) in [6.07, 6.45) is 3.44. The van der Waals surface area contributed by atoms with Crippen molar-refractivity contribution in [1.82, 2.24) is 0 Å². The monoisotopic (exact) mass is 261 g/mol. The normalized spacial score (nSPS) is 20.7. The number of rotatable bonds is 3. The van der Waals surface area contributed by atoms with Gasteiger partial charge in [-0.3, -0.25) is 4.79 Å². The van der Waals surface area contributed by atoms with Crippen molar-refractivity contribution in [1.29, 1.82) is 0 Å². The van der Waals surface area contributed by atoms with Crippen LogP contribution in [-0.4, -0.2) is 5.91 Å². The number of carbonyl (C=O) groups is 1. The highest BCUT2D eigenvalue weighted by atomic mass is 16.1. The average molecular weight is 261 g/mol. The van der Waals surface area contributed by atoms with Crippen molar-refractivity contribution in [3.63, 3.8) is 0 Å².